The van der Waals surface area contributed by atoms with Gasteiger partial charge in [-0.25, -0.2) is 0 Å². The van der Waals surface area contributed by atoms with Gasteiger partial charge in [-0.1, -0.05) is 11.8 Å². The maximum atomic E-state index is 11.1. The highest BCUT2D eigenvalue weighted by Gasteiger charge is 2.45. The molecule has 0 aliphatic carbocycles. The van der Waals surface area contributed by atoms with Gasteiger partial charge >= 0.3 is 0 Å². The zero-order valence-corrected chi connectivity index (χ0v) is 10.9. The second-order valence-corrected chi connectivity index (χ2v) is 5.32. The van der Waals surface area contributed by atoms with Crippen molar-refractivity contribution < 1.29 is 29.6 Å². The average Bonchev–Trinajstić information content (AvgIpc) is 2.27. The summed E-state index contributed by atoms with van der Waals surface area (Å²) in [6, 6.07) is -0.908. The van der Waals surface area contributed by atoms with Crippen molar-refractivity contribution in [3.63, 3.8) is 0 Å². The smallest absolute Gasteiger partial charge is 0.217 e. The number of hydrogen-bond acceptors (Lipinski definition) is 7. The number of aliphatic hydroxyl groups is 3. The summed E-state index contributed by atoms with van der Waals surface area (Å²) in [5.74, 6) is -0.411. The molecule has 0 bridgehead atoms. The van der Waals surface area contributed by atoms with E-state index < -0.39 is 42.3 Å². The fraction of sp³-hybridized carbons (Fsp3) is 0.800. The van der Waals surface area contributed by atoms with Gasteiger partial charge in [-0.2, -0.15) is 0 Å². The van der Waals surface area contributed by atoms with Crippen LogP contribution in [0.4, 0.5) is 0 Å². The van der Waals surface area contributed by atoms with Crippen LogP contribution < -0.4 is 5.32 Å². The van der Waals surface area contributed by atoms with Crippen LogP contribution >= 0.6 is 11.8 Å². The van der Waals surface area contributed by atoms with Gasteiger partial charge in [-0.3, -0.25) is 9.59 Å². The minimum absolute atomic E-state index is 0.254. The number of carbonyl (C=O) groups excluding carboxylic acids is 2. The Balaban J connectivity index is 2.86. The molecule has 1 amide bonds. The molecule has 0 radical (unpaired) electrons. The van der Waals surface area contributed by atoms with E-state index in [0.29, 0.717) is 0 Å². The normalized spacial score (nSPS) is 36.2. The summed E-state index contributed by atoms with van der Waals surface area (Å²) in [6.45, 7) is 2.09. The predicted octanol–water partition coefficient (Wildman–Crippen LogP) is -1.79. The lowest BCUT2D eigenvalue weighted by Gasteiger charge is -2.41. The predicted molar refractivity (Wildman–Crippen MR) is 63.6 cm³/mol. The number of hydrogen-bond donors (Lipinski definition) is 4. The quantitative estimate of drug-likeness (QED) is 0.482. The van der Waals surface area contributed by atoms with Crippen LogP contribution in [0.1, 0.15) is 13.8 Å². The molecule has 1 aliphatic heterocycles. The number of rotatable bonds is 3. The van der Waals surface area contributed by atoms with Crippen LogP contribution in [-0.4, -0.2) is 62.7 Å². The average molecular weight is 279 g/mol. The summed E-state index contributed by atoms with van der Waals surface area (Å²) < 4.78 is 5.31. The lowest BCUT2D eigenvalue weighted by atomic mass is 9.98. The minimum atomic E-state index is -1.32. The highest BCUT2D eigenvalue weighted by Crippen LogP contribution is 2.28. The van der Waals surface area contributed by atoms with Crippen LogP contribution in [0.25, 0.3) is 0 Å². The first-order valence-electron chi connectivity index (χ1n) is 5.43. The first-order valence-corrected chi connectivity index (χ1v) is 6.31. The van der Waals surface area contributed by atoms with E-state index in [4.69, 9.17) is 9.84 Å². The van der Waals surface area contributed by atoms with E-state index in [-0.39, 0.29) is 5.12 Å². The Morgan fingerprint density at radius 2 is 1.89 bits per heavy atom. The molecular formula is C10H17NO6S. The number of thioether (sulfide) groups is 1. The number of carbonyl (C=O) groups is 2. The highest BCUT2D eigenvalue weighted by molar-refractivity contribution is 8.14. The summed E-state index contributed by atoms with van der Waals surface area (Å²) in [5.41, 5.74) is -0.845. The maximum Gasteiger partial charge on any atom is 0.217 e. The molecule has 1 rings (SSSR count). The maximum absolute atomic E-state index is 11.1. The Morgan fingerprint density at radius 1 is 1.28 bits per heavy atom. The first kappa shape index (κ1) is 15.4. The van der Waals surface area contributed by atoms with Gasteiger partial charge in [-0.15, -0.1) is 0 Å². The molecule has 18 heavy (non-hydrogen) atoms. The molecule has 0 saturated carbocycles. The zero-order valence-electron chi connectivity index (χ0n) is 10.1. The van der Waals surface area contributed by atoms with E-state index >= 15 is 0 Å². The van der Waals surface area contributed by atoms with E-state index in [1.807, 2.05) is 0 Å². The molecule has 1 aliphatic rings. The second kappa shape index (κ2) is 6.48. The number of nitrogens with one attached hydrogen (secondary N) is 1. The topological polar surface area (TPSA) is 116 Å². The van der Waals surface area contributed by atoms with Crippen LogP contribution in [0.5, 0.6) is 0 Å². The summed E-state index contributed by atoms with van der Waals surface area (Å²) in [6.07, 6.45) is -3.62. The molecule has 5 atom stereocenters. The van der Waals surface area contributed by atoms with Crippen molar-refractivity contribution >= 4 is 22.8 Å². The molecule has 0 aromatic rings. The Bertz CT molecular complexity index is 325. The molecule has 1 fully saturated rings. The van der Waals surface area contributed by atoms with Crippen molar-refractivity contribution in [3.8, 4) is 0 Å². The Hall–Kier alpha value is -0.670. The lowest BCUT2D eigenvalue weighted by molar-refractivity contribution is -0.173. The lowest BCUT2D eigenvalue weighted by Crippen LogP contribution is -2.63. The van der Waals surface area contributed by atoms with Gasteiger partial charge in [0.05, 0.1) is 12.6 Å². The van der Waals surface area contributed by atoms with E-state index in [0.717, 1.165) is 11.8 Å². The molecular weight excluding hydrogens is 262 g/mol. The molecule has 104 valence electrons. The van der Waals surface area contributed by atoms with Gasteiger partial charge in [0.15, 0.2) is 5.12 Å². The van der Waals surface area contributed by atoms with Crippen molar-refractivity contribution in [1.82, 2.24) is 5.32 Å². The third-order valence-corrected chi connectivity index (χ3v) is 3.50. The Labute approximate surface area is 109 Å². The van der Waals surface area contributed by atoms with Crippen molar-refractivity contribution in [2.75, 3.05) is 6.61 Å². The molecule has 8 heteroatoms. The molecule has 1 heterocycles. The van der Waals surface area contributed by atoms with E-state index in [1.165, 1.54) is 13.8 Å². The standard InChI is InChI=1S/C10H17NO6S/c1-4(13)11-7-9(16)8(15)6(3-12)17-10(7)18-5(2)14/h6-10,12,15-16H,3H2,1-2H3,(H,11,13)/t6-,7-,8-,9-,10?/m1/s1. The van der Waals surface area contributed by atoms with Gasteiger partial charge in [0.1, 0.15) is 23.7 Å². The van der Waals surface area contributed by atoms with Crippen LogP contribution in [-0.2, 0) is 14.3 Å². The number of amides is 1. The van der Waals surface area contributed by atoms with Gasteiger partial charge in [0.2, 0.25) is 5.91 Å². The third-order valence-electron chi connectivity index (χ3n) is 2.53. The van der Waals surface area contributed by atoms with Gasteiger partial charge in [0, 0.05) is 13.8 Å². The summed E-state index contributed by atoms with van der Waals surface area (Å²) >= 11 is 0.792. The van der Waals surface area contributed by atoms with E-state index in [2.05, 4.69) is 5.32 Å². The summed E-state index contributed by atoms with van der Waals surface area (Å²) in [5, 5.41) is 30.8. The van der Waals surface area contributed by atoms with Gasteiger partial charge in [0.25, 0.3) is 0 Å². The van der Waals surface area contributed by atoms with Crippen molar-refractivity contribution in [1.29, 1.82) is 0 Å². The van der Waals surface area contributed by atoms with Crippen molar-refractivity contribution in [2.45, 2.75) is 43.6 Å². The SMILES string of the molecule is CC(=O)N[C@H]1C(SC(C)=O)O[C@H](CO)[C@@H](O)[C@@H]1O. The monoisotopic (exact) mass is 279 g/mol. The van der Waals surface area contributed by atoms with Crippen LogP contribution in [0, 0.1) is 0 Å². The zero-order chi connectivity index (χ0) is 13.9. The molecule has 0 spiro atoms. The number of ether oxygens (including phenoxy) is 1. The number of aliphatic hydroxyl groups excluding tert-OH is 3. The van der Waals surface area contributed by atoms with E-state index in [1.54, 1.807) is 0 Å². The van der Waals surface area contributed by atoms with Gasteiger partial charge in [-0.05, 0) is 0 Å². The van der Waals surface area contributed by atoms with Crippen molar-refractivity contribution in [3.05, 3.63) is 0 Å². The van der Waals surface area contributed by atoms with Crippen LogP contribution in [0.2, 0.25) is 0 Å². The molecule has 4 N–H and O–H groups in total. The fourth-order valence-corrected chi connectivity index (χ4v) is 2.64. The third kappa shape index (κ3) is 3.66. The highest BCUT2D eigenvalue weighted by atomic mass is 32.2. The Morgan fingerprint density at radius 3 is 2.33 bits per heavy atom. The Kier molecular flexibility index (Phi) is 5.54. The molecule has 1 saturated heterocycles. The molecule has 7 nitrogen and oxygen atoms in total. The summed E-state index contributed by atoms with van der Waals surface area (Å²) in [7, 11) is 0. The largest absolute Gasteiger partial charge is 0.394 e. The first-order chi connectivity index (χ1) is 8.36. The van der Waals surface area contributed by atoms with Gasteiger partial charge < -0.3 is 25.4 Å². The van der Waals surface area contributed by atoms with E-state index in [9.17, 15) is 19.8 Å². The van der Waals surface area contributed by atoms with Crippen molar-refractivity contribution in [2.24, 2.45) is 0 Å². The molecule has 0 aromatic carbocycles. The summed E-state index contributed by atoms with van der Waals surface area (Å²) in [4.78, 5) is 22.1. The minimum Gasteiger partial charge on any atom is -0.394 e. The van der Waals surface area contributed by atoms with Crippen LogP contribution in [0.15, 0.2) is 0 Å². The fourth-order valence-electron chi connectivity index (χ4n) is 1.73. The second-order valence-electron chi connectivity index (χ2n) is 4.04. The molecule has 1 unspecified atom stereocenters. The molecule has 0 aromatic heterocycles. The van der Waals surface area contributed by atoms with Crippen LogP contribution in [0.3, 0.4) is 0 Å².